The SMILES string of the molecule is COc1cccc(-n2nnnc2SCC(=O)N2CCOCC2)c1. The molecular weight excluding hydrogens is 318 g/mol. The second-order valence-electron chi connectivity index (χ2n) is 4.86. The van der Waals surface area contributed by atoms with Crippen molar-refractivity contribution in [1.82, 2.24) is 25.1 Å². The van der Waals surface area contributed by atoms with E-state index in [1.165, 1.54) is 11.8 Å². The van der Waals surface area contributed by atoms with Crippen molar-refractivity contribution < 1.29 is 14.3 Å². The fourth-order valence-electron chi connectivity index (χ4n) is 2.20. The Balaban J connectivity index is 1.67. The molecule has 0 spiro atoms. The van der Waals surface area contributed by atoms with Crippen LogP contribution < -0.4 is 4.74 Å². The predicted octanol–water partition coefficient (Wildman–Crippen LogP) is 0.622. The number of hydrogen-bond acceptors (Lipinski definition) is 7. The molecular formula is C14H17N5O3S. The van der Waals surface area contributed by atoms with Crippen LogP contribution in [-0.2, 0) is 9.53 Å². The number of morpholine rings is 1. The van der Waals surface area contributed by atoms with E-state index < -0.39 is 0 Å². The number of tetrazole rings is 1. The first-order valence-corrected chi connectivity index (χ1v) is 8.17. The van der Waals surface area contributed by atoms with Gasteiger partial charge in [0.15, 0.2) is 0 Å². The molecule has 0 aliphatic carbocycles. The summed E-state index contributed by atoms with van der Waals surface area (Å²) in [6.07, 6.45) is 0. The molecule has 0 saturated carbocycles. The van der Waals surface area contributed by atoms with Gasteiger partial charge in [0.25, 0.3) is 0 Å². The molecule has 1 aliphatic rings. The molecule has 0 unspecified atom stereocenters. The lowest BCUT2D eigenvalue weighted by atomic mass is 10.3. The first-order chi connectivity index (χ1) is 11.3. The minimum absolute atomic E-state index is 0.0680. The number of carbonyl (C=O) groups excluding carboxylic acids is 1. The van der Waals surface area contributed by atoms with Gasteiger partial charge in [-0.05, 0) is 22.6 Å². The zero-order valence-electron chi connectivity index (χ0n) is 12.7. The van der Waals surface area contributed by atoms with E-state index in [1.54, 1.807) is 16.7 Å². The van der Waals surface area contributed by atoms with Crippen LogP contribution >= 0.6 is 11.8 Å². The van der Waals surface area contributed by atoms with Crippen LogP contribution in [-0.4, -0.2) is 70.2 Å². The Labute approximate surface area is 137 Å². The van der Waals surface area contributed by atoms with E-state index in [9.17, 15) is 4.79 Å². The fraction of sp³-hybridized carbons (Fsp3) is 0.429. The van der Waals surface area contributed by atoms with Crippen LogP contribution in [0.25, 0.3) is 5.69 Å². The number of hydrogen-bond donors (Lipinski definition) is 0. The van der Waals surface area contributed by atoms with Gasteiger partial charge in [0.1, 0.15) is 5.75 Å². The van der Waals surface area contributed by atoms with Crippen LogP contribution in [0.5, 0.6) is 5.75 Å². The maximum atomic E-state index is 12.2. The van der Waals surface area contributed by atoms with E-state index in [2.05, 4.69) is 15.5 Å². The van der Waals surface area contributed by atoms with Gasteiger partial charge in [-0.3, -0.25) is 4.79 Å². The van der Waals surface area contributed by atoms with Gasteiger partial charge in [-0.25, -0.2) is 0 Å². The van der Waals surface area contributed by atoms with E-state index in [4.69, 9.17) is 9.47 Å². The molecule has 2 aromatic rings. The number of carbonyl (C=O) groups is 1. The molecule has 0 N–H and O–H groups in total. The highest BCUT2D eigenvalue weighted by Crippen LogP contribution is 2.21. The number of benzene rings is 1. The van der Waals surface area contributed by atoms with E-state index in [1.807, 2.05) is 24.3 Å². The van der Waals surface area contributed by atoms with E-state index >= 15 is 0 Å². The first kappa shape index (κ1) is 15.8. The Kier molecular flexibility index (Phi) is 5.09. The first-order valence-electron chi connectivity index (χ1n) is 7.19. The summed E-state index contributed by atoms with van der Waals surface area (Å²) in [5, 5.41) is 12.3. The predicted molar refractivity (Wildman–Crippen MR) is 83.8 cm³/mol. The summed E-state index contributed by atoms with van der Waals surface area (Å²) in [5.41, 5.74) is 0.788. The van der Waals surface area contributed by atoms with Gasteiger partial charge in [-0.2, -0.15) is 4.68 Å². The molecule has 2 heterocycles. The molecule has 9 heteroatoms. The van der Waals surface area contributed by atoms with Gasteiger partial charge in [-0.1, -0.05) is 17.8 Å². The molecule has 1 amide bonds. The van der Waals surface area contributed by atoms with Gasteiger partial charge in [0, 0.05) is 19.2 Å². The largest absolute Gasteiger partial charge is 0.497 e. The molecule has 23 heavy (non-hydrogen) atoms. The molecule has 1 aliphatic heterocycles. The smallest absolute Gasteiger partial charge is 0.233 e. The Morgan fingerprint density at radius 3 is 3.00 bits per heavy atom. The summed E-state index contributed by atoms with van der Waals surface area (Å²) in [5.74, 6) is 1.08. The van der Waals surface area contributed by atoms with Crippen molar-refractivity contribution in [2.45, 2.75) is 5.16 Å². The highest BCUT2D eigenvalue weighted by molar-refractivity contribution is 7.99. The minimum atomic E-state index is 0.0680. The lowest BCUT2D eigenvalue weighted by Crippen LogP contribution is -2.41. The van der Waals surface area contributed by atoms with Crippen LogP contribution in [0.15, 0.2) is 29.4 Å². The second kappa shape index (κ2) is 7.42. The standard InChI is InChI=1S/C14H17N5O3S/c1-21-12-4-2-3-11(9-12)19-14(15-16-17-19)23-10-13(20)18-5-7-22-8-6-18/h2-4,9H,5-8,10H2,1H3. The quantitative estimate of drug-likeness (QED) is 0.741. The third kappa shape index (κ3) is 3.80. The van der Waals surface area contributed by atoms with Gasteiger partial charge >= 0.3 is 0 Å². The normalized spacial score (nSPS) is 14.7. The van der Waals surface area contributed by atoms with Crippen molar-refractivity contribution in [3.05, 3.63) is 24.3 Å². The highest BCUT2D eigenvalue weighted by atomic mass is 32.2. The van der Waals surface area contributed by atoms with E-state index in [0.29, 0.717) is 37.2 Å². The Morgan fingerprint density at radius 1 is 1.39 bits per heavy atom. The molecule has 1 saturated heterocycles. The molecule has 3 rings (SSSR count). The maximum Gasteiger partial charge on any atom is 0.233 e. The summed E-state index contributed by atoms with van der Waals surface area (Å²) in [6.45, 7) is 2.47. The number of ether oxygens (including phenoxy) is 2. The number of rotatable bonds is 5. The number of amides is 1. The van der Waals surface area contributed by atoms with Gasteiger partial charge in [0.05, 0.1) is 31.8 Å². The van der Waals surface area contributed by atoms with Gasteiger partial charge in [0.2, 0.25) is 11.1 Å². The molecule has 0 bridgehead atoms. The number of nitrogens with zero attached hydrogens (tertiary/aromatic N) is 5. The molecule has 1 aromatic heterocycles. The lowest BCUT2D eigenvalue weighted by molar-refractivity contribution is -0.132. The van der Waals surface area contributed by atoms with Crippen LogP contribution in [0, 0.1) is 0 Å². The molecule has 122 valence electrons. The molecule has 8 nitrogen and oxygen atoms in total. The summed E-state index contributed by atoms with van der Waals surface area (Å²) < 4.78 is 12.1. The van der Waals surface area contributed by atoms with Crippen molar-refractivity contribution in [3.63, 3.8) is 0 Å². The monoisotopic (exact) mass is 335 g/mol. The topological polar surface area (TPSA) is 82.4 Å². The summed E-state index contributed by atoms with van der Waals surface area (Å²) in [6, 6.07) is 7.43. The minimum Gasteiger partial charge on any atom is -0.497 e. The average molecular weight is 335 g/mol. The summed E-state index contributed by atoms with van der Waals surface area (Å²) in [7, 11) is 1.61. The molecule has 0 radical (unpaired) electrons. The second-order valence-corrected chi connectivity index (χ2v) is 5.80. The van der Waals surface area contributed by atoms with Crippen molar-refractivity contribution in [2.24, 2.45) is 0 Å². The summed E-state index contributed by atoms with van der Waals surface area (Å²) >= 11 is 1.32. The van der Waals surface area contributed by atoms with Gasteiger partial charge in [-0.15, -0.1) is 5.10 Å². The van der Waals surface area contributed by atoms with Gasteiger partial charge < -0.3 is 14.4 Å². The van der Waals surface area contributed by atoms with E-state index in [-0.39, 0.29) is 5.91 Å². The molecule has 1 fully saturated rings. The molecule has 0 atom stereocenters. The van der Waals surface area contributed by atoms with Crippen molar-refractivity contribution in [2.75, 3.05) is 39.2 Å². The Bertz CT molecular complexity index is 672. The van der Waals surface area contributed by atoms with Crippen molar-refractivity contribution in [1.29, 1.82) is 0 Å². The fourth-order valence-corrected chi connectivity index (χ4v) is 3.00. The zero-order chi connectivity index (χ0) is 16.1. The number of aromatic nitrogens is 4. The van der Waals surface area contributed by atoms with E-state index in [0.717, 1.165) is 11.4 Å². The third-order valence-electron chi connectivity index (χ3n) is 3.43. The maximum absolute atomic E-state index is 12.2. The summed E-state index contributed by atoms with van der Waals surface area (Å²) in [4.78, 5) is 14.0. The Hall–Kier alpha value is -2.13. The highest BCUT2D eigenvalue weighted by Gasteiger charge is 2.18. The lowest BCUT2D eigenvalue weighted by Gasteiger charge is -2.26. The van der Waals surface area contributed by atoms with Crippen LogP contribution in [0.2, 0.25) is 0 Å². The number of thioether (sulfide) groups is 1. The van der Waals surface area contributed by atoms with Crippen molar-refractivity contribution >= 4 is 17.7 Å². The van der Waals surface area contributed by atoms with Crippen LogP contribution in [0.1, 0.15) is 0 Å². The Morgan fingerprint density at radius 2 is 2.22 bits per heavy atom. The average Bonchev–Trinajstić information content (AvgIpc) is 3.09. The van der Waals surface area contributed by atoms with Crippen LogP contribution in [0.3, 0.4) is 0 Å². The van der Waals surface area contributed by atoms with Crippen LogP contribution in [0.4, 0.5) is 0 Å². The zero-order valence-corrected chi connectivity index (χ0v) is 13.5. The number of methoxy groups -OCH3 is 1. The third-order valence-corrected chi connectivity index (χ3v) is 4.33. The van der Waals surface area contributed by atoms with Crippen molar-refractivity contribution in [3.8, 4) is 11.4 Å². The molecule has 1 aromatic carbocycles.